The van der Waals surface area contributed by atoms with Gasteiger partial charge < -0.3 is 24.8 Å². The third-order valence-corrected chi connectivity index (χ3v) is 1.94. The maximum Gasteiger partial charge on any atom is 0.111 e. The second kappa shape index (κ2) is 4.15. The van der Waals surface area contributed by atoms with E-state index in [0.29, 0.717) is 0 Å². The van der Waals surface area contributed by atoms with E-state index < -0.39 is 24.4 Å². The molecular weight excluding hydrogens is 164 g/mol. The van der Waals surface area contributed by atoms with E-state index >= 15 is 0 Å². The van der Waals surface area contributed by atoms with Crippen LogP contribution in [0.1, 0.15) is 0 Å². The van der Waals surface area contributed by atoms with E-state index in [1.54, 1.807) is 0 Å². The molecule has 1 saturated heterocycles. The Balaban J connectivity index is 2.46. The van der Waals surface area contributed by atoms with Gasteiger partial charge in [-0.05, 0) is 0 Å². The second-order valence-corrected chi connectivity index (χ2v) is 2.88. The average molecular weight is 178 g/mol. The van der Waals surface area contributed by atoms with Crippen molar-refractivity contribution in [2.75, 3.05) is 20.3 Å². The zero-order valence-electron chi connectivity index (χ0n) is 6.88. The highest BCUT2D eigenvalue weighted by atomic mass is 16.6. The summed E-state index contributed by atoms with van der Waals surface area (Å²) in [4.78, 5) is 0. The molecule has 0 unspecified atom stereocenters. The van der Waals surface area contributed by atoms with Crippen LogP contribution >= 0.6 is 0 Å². The number of aliphatic hydroxyl groups is 3. The minimum atomic E-state index is -1.14. The Bertz CT molecular complexity index is 140. The normalized spacial score (nSPS) is 43.0. The minimum absolute atomic E-state index is 0.0340. The summed E-state index contributed by atoms with van der Waals surface area (Å²) in [6.45, 7) is 0.247. The second-order valence-electron chi connectivity index (χ2n) is 2.88. The van der Waals surface area contributed by atoms with E-state index in [1.165, 1.54) is 7.11 Å². The standard InChI is InChI=1S/C7H14O5/c1-11-3-5-7(10)6(9)4(8)2-12-5/h4-10H,2-3H2,1H3/t4-,5+,6+,7+/m0/s1. The van der Waals surface area contributed by atoms with E-state index in [-0.39, 0.29) is 13.2 Å². The number of aliphatic hydroxyl groups excluding tert-OH is 3. The molecule has 0 aromatic rings. The van der Waals surface area contributed by atoms with E-state index in [1.807, 2.05) is 0 Å². The summed E-state index contributed by atoms with van der Waals surface area (Å²) >= 11 is 0. The molecule has 5 heteroatoms. The van der Waals surface area contributed by atoms with Crippen molar-refractivity contribution in [2.45, 2.75) is 24.4 Å². The third-order valence-electron chi connectivity index (χ3n) is 1.94. The van der Waals surface area contributed by atoms with Gasteiger partial charge in [-0.15, -0.1) is 0 Å². The van der Waals surface area contributed by atoms with Crippen LogP contribution in [0.15, 0.2) is 0 Å². The predicted molar refractivity (Wildman–Crippen MR) is 39.6 cm³/mol. The molecule has 12 heavy (non-hydrogen) atoms. The van der Waals surface area contributed by atoms with Crippen LogP contribution in [-0.4, -0.2) is 60.1 Å². The largest absolute Gasteiger partial charge is 0.388 e. The third kappa shape index (κ3) is 1.94. The zero-order chi connectivity index (χ0) is 9.14. The summed E-state index contributed by atoms with van der Waals surface area (Å²) in [5.74, 6) is 0. The lowest BCUT2D eigenvalue weighted by Gasteiger charge is -2.34. The van der Waals surface area contributed by atoms with Crippen LogP contribution in [0, 0.1) is 0 Å². The molecule has 4 atom stereocenters. The van der Waals surface area contributed by atoms with Crippen molar-refractivity contribution in [2.24, 2.45) is 0 Å². The van der Waals surface area contributed by atoms with E-state index in [0.717, 1.165) is 0 Å². The van der Waals surface area contributed by atoms with Crippen LogP contribution in [0.3, 0.4) is 0 Å². The van der Waals surface area contributed by atoms with E-state index in [2.05, 4.69) is 0 Å². The lowest BCUT2D eigenvalue weighted by molar-refractivity contribution is -0.197. The Hall–Kier alpha value is -0.200. The van der Waals surface area contributed by atoms with Crippen molar-refractivity contribution < 1.29 is 24.8 Å². The summed E-state index contributed by atoms with van der Waals surface area (Å²) in [6.07, 6.45) is -3.77. The maximum absolute atomic E-state index is 9.32. The van der Waals surface area contributed by atoms with Crippen molar-refractivity contribution in [1.29, 1.82) is 0 Å². The van der Waals surface area contributed by atoms with E-state index in [4.69, 9.17) is 14.6 Å². The number of hydrogen-bond acceptors (Lipinski definition) is 5. The highest BCUT2D eigenvalue weighted by molar-refractivity contribution is 4.86. The molecule has 3 N–H and O–H groups in total. The lowest BCUT2D eigenvalue weighted by atomic mass is 10.0. The number of rotatable bonds is 2. The van der Waals surface area contributed by atoms with Gasteiger partial charge in [-0.3, -0.25) is 0 Å². The van der Waals surface area contributed by atoms with E-state index in [9.17, 15) is 10.2 Å². The molecule has 0 aromatic heterocycles. The van der Waals surface area contributed by atoms with Crippen LogP contribution in [0.4, 0.5) is 0 Å². The zero-order valence-corrected chi connectivity index (χ0v) is 6.88. The average Bonchev–Trinajstić information content (AvgIpc) is 2.07. The van der Waals surface area contributed by atoms with Gasteiger partial charge in [0.15, 0.2) is 0 Å². The van der Waals surface area contributed by atoms with Crippen LogP contribution in [0.25, 0.3) is 0 Å². The number of ether oxygens (including phenoxy) is 2. The van der Waals surface area contributed by atoms with Gasteiger partial charge in [0, 0.05) is 7.11 Å². The van der Waals surface area contributed by atoms with Crippen molar-refractivity contribution in [3.05, 3.63) is 0 Å². The Morgan fingerprint density at radius 1 is 1.33 bits per heavy atom. The van der Waals surface area contributed by atoms with Gasteiger partial charge in [0.25, 0.3) is 0 Å². The monoisotopic (exact) mass is 178 g/mol. The first kappa shape index (κ1) is 9.88. The predicted octanol–water partition coefficient (Wildman–Crippen LogP) is -1.89. The van der Waals surface area contributed by atoms with Crippen LogP contribution in [0.5, 0.6) is 0 Å². The first-order valence-corrected chi connectivity index (χ1v) is 3.81. The van der Waals surface area contributed by atoms with Gasteiger partial charge in [0.05, 0.1) is 13.2 Å². The SMILES string of the molecule is COC[C@H]1OC[C@H](O)[C@@H](O)[C@@H]1O. The molecule has 0 bridgehead atoms. The van der Waals surface area contributed by atoms with Gasteiger partial charge in [0.2, 0.25) is 0 Å². The van der Waals surface area contributed by atoms with Gasteiger partial charge in [-0.1, -0.05) is 0 Å². The molecule has 72 valence electrons. The fourth-order valence-electron chi connectivity index (χ4n) is 1.18. The van der Waals surface area contributed by atoms with Crippen molar-refractivity contribution in [3.63, 3.8) is 0 Å². The summed E-state index contributed by atoms with van der Waals surface area (Å²) in [6, 6.07) is 0. The smallest absolute Gasteiger partial charge is 0.111 e. The molecule has 0 aliphatic carbocycles. The molecule has 0 aromatic carbocycles. The van der Waals surface area contributed by atoms with Gasteiger partial charge in [-0.2, -0.15) is 0 Å². The topological polar surface area (TPSA) is 79.2 Å². The molecular formula is C7H14O5. The first-order chi connectivity index (χ1) is 5.66. The molecule has 0 spiro atoms. The first-order valence-electron chi connectivity index (χ1n) is 3.81. The number of methoxy groups -OCH3 is 1. The maximum atomic E-state index is 9.32. The number of hydrogen-bond donors (Lipinski definition) is 3. The minimum Gasteiger partial charge on any atom is -0.388 e. The van der Waals surface area contributed by atoms with Crippen molar-refractivity contribution >= 4 is 0 Å². The quantitative estimate of drug-likeness (QED) is 0.461. The van der Waals surface area contributed by atoms with Crippen LogP contribution in [-0.2, 0) is 9.47 Å². The lowest BCUT2D eigenvalue weighted by Crippen LogP contribution is -2.54. The van der Waals surface area contributed by atoms with Crippen molar-refractivity contribution in [3.8, 4) is 0 Å². The van der Waals surface area contributed by atoms with Crippen LogP contribution < -0.4 is 0 Å². The summed E-state index contributed by atoms with van der Waals surface area (Å²) in [5.41, 5.74) is 0. The fourth-order valence-corrected chi connectivity index (χ4v) is 1.18. The highest BCUT2D eigenvalue weighted by Gasteiger charge is 2.37. The van der Waals surface area contributed by atoms with Gasteiger partial charge in [-0.25, -0.2) is 0 Å². The molecule has 1 fully saturated rings. The highest BCUT2D eigenvalue weighted by Crippen LogP contribution is 2.15. The summed E-state index contributed by atoms with van der Waals surface area (Å²) in [5, 5.41) is 27.6. The van der Waals surface area contributed by atoms with Gasteiger partial charge in [0.1, 0.15) is 24.4 Å². The Morgan fingerprint density at radius 2 is 2.00 bits per heavy atom. The Morgan fingerprint density at radius 3 is 2.58 bits per heavy atom. The molecule has 0 amide bonds. The van der Waals surface area contributed by atoms with Crippen molar-refractivity contribution in [1.82, 2.24) is 0 Å². The van der Waals surface area contributed by atoms with Crippen LogP contribution in [0.2, 0.25) is 0 Å². The summed E-state index contributed by atoms with van der Waals surface area (Å²) in [7, 11) is 1.48. The molecule has 0 saturated carbocycles. The fraction of sp³-hybridized carbons (Fsp3) is 1.00. The Labute approximate surface area is 70.5 Å². The molecule has 1 heterocycles. The van der Waals surface area contributed by atoms with Gasteiger partial charge >= 0.3 is 0 Å². The molecule has 1 aliphatic heterocycles. The molecule has 0 radical (unpaired) electrons. The Kier molecular flexibility index (Phi) is 3.42. The summed E-state index contributed by atoms with van der Waals surface area (Å²) < 4.78 is 9.79. The molecule has 5 nitrogen and oxygen atoms in total. The molecule has 1 aliphatic rings. The molecule has 1 rings (SSSR count).